The molecular formula is C22H27N3O2. The summed E-state index contributed by atoms with van der Waals surface area (Å²) in [6, 6.07) is 18.0. The largest absolute Gasteiger partial charge is 0.369 e. The summed E-state index contributed by atoms with van der Waals surface area (Å²) in [5.74, 6) is -0.394. The molecule has 0 radical (unpaired) electrons. The van der Waals surface area contributed by atoms with Gasteiger partial charge in [0, 0.05) is 12.2 Å². The molecule has 0 aliphatic carbocycles. The molecule has 1 heterocycles. The first-order valence-corrected chi connectivity index (χ1v) is 9.45. The Kier molecular flexibility index (Phi) is 6.24. The third-order valence-corrected chi connectivity index (χ3v) is 5.06. The van der Waals surface area contributed by atoms with Gasteiger partial charge < -0.3 is 10.6 Å². The van der Waals surface area contributed by atoms with Crippen LogP contribution >= 0.6 is 0 Å². The molecule has 2 aromatic rings. The van der Waals surface area contributed by atoms with E-state index in [0.29, 0.717) is 19.6 Å². The second-order valence-electron chi connectivity index (χ2n) is 7.28. The van der Waals surface area contributed by atoms with Crippen molar-refractivity contribution in [3.8, 4) is 0 Å². The zero-order valence-electron chi connectivity index (χ0n) is 15.8. The minimum atomic E-state index is -0.271. The van der Waals surface area contributed by atoms with Crippen molar-refractivity contribution in [3.05, 3.63) is 65.7 Å². The van der Waals surface area contributed by atoms with Gasteiger partial charge in [0.2, 0.25) is 11.8 Å². The lowest BCUT2D eigenvalue weighted by Crippen LogP contribution is -2.46. The van der Waals surface area contributed by atoms with Crippen LogP contribution in [0.25, 0.3) is 0 Å². The molecule has 1 atom stereocenters. The van der Waals surface area contributed by atoms with Gasteiger partial charge in [-0.15, -0.1) is 0 Å². The molecule has 142 valence electrons. The van der Waals surface area contributed by atoms with Gasteiger partial charge in [0.25, 0.3) is 0 Å². The van der Waals surface area contributed by atoms with Crippen molar-refractivity contribution >= 4 is 17.5 Å². The van der Waals surface area contributed by atoms with Crippen LogP contribution in [0.2, 0.25) is 0 Å². The van der Waals surface area contributed by atoms with Crippen molar-refractivity contribution < 1.29 is 9.59 Å². The van der Waals surface area contributed by atoms with Gasteiger partial charge in [-0.05, 0) is 49.6 Å². The molecule has 5 nitrogen and oxygen atoms in total. The summed E-state index contributed by atoms with van der Waals surface area (Å²) < 4.78 is 0. The van der Waals surface area contributed by atoms with Crippen LogP contribution in [-0.4, -0.2) is 36.3 Å². The van der Waals surface area contributed by atoms with Gasteiger partial charge in [0.1, 0.15) is 0 Å². The van der Waals surface area contributed by atoms with Crippen LogP contribution in [0.15, 0.2) is 54.6 Å². The Hall–Kier alpha value is -2.66. The van der Waals surface area contributed by atoms with Crippen LogP contribution < -0.4 is 10.6 Å². The van der Waals surface area contributed by atoms with E-state index in [1.54, 1.807) is 0 Å². The number of nitrogens with two attached hydrogens (primary N) is 1. The van der Waals surface area contributed by atoms with Crippen molar-refractivity contribution in [3.63, 3.8) is 0 Å². The van der Waals surface area contributed by atoms with Gasteiger partial charge in [0.05, 0.1) is 19.0 Å². The maximum absolute atomic E-state index is 13.2. The number of carbonyl (C=O) groups excluding carboxylic acids is 2. The van der Waals surface area contributed by atoms with Gasteiger partial charge in [-0.1, -0.05) is 42.5 Å². The number of hydrogen-bond acceptors (Lipinski definition) is 3. The topological polar surface area (TPSA) is 66.6 Å². The zero-order valence-corrected chi connectivity index (χ0v) is 15.8. The van der Waals surface area contributed by atoms with Crippen LogP contribution in [0.5, 0.6) is 0 Å². The standard InChI is InChI=1S/C22H27N3O2/c1-17-7-5-11-20(13-17)25(14-18-8-3-2-4-9-18)21(26)16-24-12-6-10-19(15-24)22(23)27/h2-5,7-9,11,13,19H,6,10,12,14-16H2,1H3,(H2,23,27)/t19-/m1/s1. The Morgan fingerprint density at radius 1 is 1.15 bits per heavy atom. The first-order chi connectivity index (χ1) is 13.0. The molecule has 2 aromatic carbocycles. The summed E-state index contributed by atoms with van der Waals surface area (Å²) in [7, 11) is 0. The number of piperidine rings is 1. The second kappa shape index (κ2) is 8.82. The number of benzene rings is 2. The summed E-state index contributed by atoms with van der Waals surface area (Å²) in [6.45, 7) is 4.23. The highest BCUT2D eigenvalue weighted by atomic mass is 16.2. The van der Waals surface area contributed by atoms with E-state index in [-0.39, 0.29) is 17.7 Å². The first kappa shape index (κ1) is 19.1. The van der Waals surface area contributed by atoms with E-state index in [9.17, 15) is 9.59 Å². The molecule has 3 rings (SSSR count). The second-order valence-corrected chi connectivity index (χ2v) is 7.28. The van der Waals surface area contributed by atoms with Crippen molar-refractivity contribution in [2.45, 2.75) is 26.3 Å². The Bertz CT molecular complexity index is 791. The summed E-state index contributed by atoms with van der Waals surface area (Å²) in [6.07, 6.45) is 1.70. The van der Waals surface area contributed by atoms with E-state index in [4.69, 9.17) is 5.73 Å². The van der Waals surface area contributed by atoms with Gasteiger partial charge in [0.15, 0.2) is 0 Å². The molecule has 1 aliphatic heterocycles. The molecule has 1 aliphatic rings. The van der Waals surface area contributed by atoms with Gasteiger partial charge in [-0.3, -0.25) is 14.5 Å². The number of amides is 2. The van der Waals surface area contributed by atoms with Crippen LogP contribution in [-0.2, 0) is 16.1 Å². The Balaban J connectivity index is 1.77. The van der Waals surface area contributed by atoms with Crippen LogP contribution in [0.4, 0.5) is 5.69 Å². The summed E-state index contributed by atoms with van der Waals surface area (Å²) in [5, 5.41) is 0. The van der Waals surface area contributed by atoms with E-state index in [2.05, 4.69) is 4.90 Å². The predicted molar refractivity (Wildman–Crippen MR) is 107 cm³/mol. The van der Waals surface area contributed by atoms with Crippen molar-refractivity contribution in [1.82, 2.24) is 4.90 Å². The maximum atomic E-state index is 13.2. The highest BCUT2D eigenvalue weighted by molar-refractivity contribution is 5.94. The third-order valence-electron chi connectivity index (χ3n) is 5.06. The molecule has 0 spiro atoms. The number of likely N-dealkylation sites (tertiary alicyclic amines) is 1. The minimum Gasteiger partial charge on any atom is -0.369 e. The minimum absolute atomic E-state index is 0.0366. The van der Waals surface area contributed by atoms with Crippen LogP contribution in [0.3, 0.4) is 0 Å². The number of hydrogen-bond donors (Lipinski definition) is 1. The molecule has 5 heteroatoms. The number of nitrogens with zero attached hydrogens (tertiary/aromatic N) is 2. The van der Waals surface area contributed by atoms with Gasteiger partial charge in [-0.2, -0.15) is 0 Å². The molecule has 0 bridgehead atoms. The van der Waals surface area contributed by atoms with Gasteiger partial charge >= 0.3 is 0 Å². The third kappa shape index (κ3) is 5.17. The molecule has 2 amide bonds. The highest BCUT2D eigenvalue weighted by Crippen LogP contribution is 2.21. The number of carbonyl (C=O) groups is 2. The van der Waals surface area contributed by atoms with E-state index >= 15 is 0 Å². The molecule has 27 heavy (non-hydrogen) atoms. The smallest absolute Gasteiger partial charge is 0.241 e. The molecule has 0 unspecified atom stereocenters. The Morgan fingerprint density at radius 2 is 1.93 bits per heavy atom. The Morgan fingerprint density at radius 3 is 2.63 bits per heavy atom. The fourth-order valence-corrected chi connectivity index (χ4v) is 3.59. The van der Waals surface area contributed by atoms with E-state index < -0.39 is 0 Å². The van der Waals surface area contributed by atoms with Crippen LogP contribution in [0, 0.1) is 12.8 Å². The fourth-order valence-electron chi connectivity index (χ4n) is 3.59. The normalized spacial score (nSPS) is 17.4. The fraction of sp³-hybridized carbons (Fsp3) is 0.364. The van der Waals surface area contributed by atoms with E-state index in [1.165, 1.54) is 0 Å². The Labute approximate surface area is 160 Å². The molecule has 0 aromatic heterocycles. The number of aryl methyl sites for hydroxylation is 1. The molecule has 1 fully saturated rings. The maximum Gasteiger partial charge on any atom is 0.241 e. The lowest BCUT2D eigenvalue weighted by atomic mass is 9.97. The highest BCUT2D eigenvalue weighted by Gasteiger charge is 2.27. The lowest BCUT2D eigenvalue weighted by Gasteiger charge is -2.32. The van der Waals surface area contributed by atoms with E-state index in [1.807, 2.05) is 66.4 Å². The molecule has 0 saturated carbocycles. The van der Waals surface area contributed by atoms with Crippen molar-refractivity contribution in [1.29, 1.82) is 0 Å². The van der Waals surface area contributed by atoms with E-state index in [0.717, 1.165) is 36.2 Å². The number of primary amides is 1. The lowest BCUT2D eigenvalue weighted by molar-refractivity contribution is -0.125. The molecule has 2 N–H and O–H groups in total. The summed E-state index contributed by atoms with van der Waals surface area (Å²) in [4.78, 5) is 28.6. The van der Waals surface area contributed by atoms with Gasteiger partial charge in [-0.25, -0.2) is 0 Å². The predicted octanol–water partition coefficient (Wildman–Crippen LogP) is 2.73. The van der Waals surface area contributed by atoms with Crippen molar-refractivity contribution in [2.75, 3.05) is 24.5 Å². The summed E-state index contributed by atoms with van der Waals surface area (Å²) in [5.41, 5.74) is 8.56. The van der Waals surface area contributed by atoms with Crippen molar-refractivity contribution in [2.24, 2.45) is 11.7 Å². The molecular weight excluding hydrogens is 338 g/mol. The SMILES string of the molecule is Cc1cccc(N(Cc2ccccc2)C(=O)CN2CCC[C@@H](C(N)=O)C2)c1. The monoisotopic (exact) mass is 365 g/mol. The number of rotatable bonds is 6. The first-order valence-electron chi connectivity index (χ1n) is 9.45. The average Bonchev–Trinajstić information content (AvgIpc) is 2.67. The quantitative estimate of drug-likeness (QED) is 0.856. The molecule has 1 saturated heterocycles. The van der Waals surface area contributed by atoms with Crippen LogP contribution in [0.1, 0.15) is 24.0 Å². The number of anilines is 1. The summed E-state index contributed by atoms with van der Waals surface area (Å²) >= 11 is 0. The average molecular weight is 365 g/mol. The zero-order chi connectivity index (χ0) is 19.2.